The summed E-state index contributed by atoms with van der Waals surface area (Å²) in [6.45, 7) is 0. The van der Waals surface area contributed by atoms with E-state index in [0.29, 0.717) is 0 Å². The molecule has 0 unspecified atom stereocenters. The Morgan fingerprint density at radius 2 is 1.28 bits per heavy atom. The molecule has 4 amide bonds. The molecule has 3 heterocycles. The first-order valence-corrected chi connectivity index (χ1v) is 10.9. The Morgan fingerprint density at radius 1 is 0.718 bits per heavy atom. The van der Waals surface area contributed by atoms with Gasteiger partial charge in [0.05, 0.1) is 34.8 Å². The van der Waals surface area contributed by atoms with Crippen LogP contribution in [0.2, 0.25) is 0 Å². The molecule has 194 valence electrons. The minimum absolute atomic E-state index is 0.0212. The summed E-state index contributed by atoms with van der Waals surface area (Å²) in [5.74, 6) is -4.53. The van der Waals surface area contributed by atoms with Gasteiger partial charge in [-0.05, 0) is 30.3 Å². The number of para-hydroxylation sites is 1. The summed E-state index contributed by atoms with van der Waals surface area (Å²) in [6, 6.07) is 8.03. The number of fused-ring (bicyclic) bond motifs is 1. The third-order valence-corrected chi connectivity index (χ3v) is 5.55. The van der Waals surface area contributed by atoms with E-state index in [4.69, 9.17) is 0 Å². The van der Waals surface area contributed by atoms with Crippen LogP contribution in [0.25, 0.3) is 0 Å². The Labute approximate surface area is 217 Å². The summed E-state index contributed by atoms with van der Waals surface area (Å²) in [6.07, 6.45) is 1.95. The van der Waals surface area contributed by atoms with Gasteiger partial charge < -0.3 is 31.1 Å². The highest BCUT2D eigenvalue weighted by atomic mass is 16.3. The summed E-state index contributed by atoms with van der Waals surface area (Å²) in [4.78, 5) is 66.6. The predicted molar refractivity (Wildman–Crippen MR) is 131 cm³/mol. The number of imide groups is 1. The van der Waals surface area contributed by atoms with Gasteiger partial charge in [0.15, 0.2) is 0 Å². The number of carbonyl (C=O) groups excluding carboxylic acids is 4. The Morgan fingerprint density at radius 3 is 1.90 bits per heavy atom. The molecule has 0 radical (unpaired) electrons. The van der Waals surface area contributed by atoms with E-state index in [0.717, 1.165) is 17.3 Å². The van der Waals surface area contributed by atoms with Crippen molar-refractivity contribution in [3.05, 3.63) is 77.1 Å². The van der Waals surface area contributed by atoms with Crippen molar-refractivity contribution in [1.82, 2.24) is 19.9 Å². The van der Waals surface area contributed by atoms with Crippen LogP contribution < -0.4 is 15.5 Å². The normalized spacial score (nSPS) is 12.3. The van der Waals surface area contributed by atoms with E-state index in [2.05, 4.69) is 30.6 Å². The van der Waals surface area contributed by atoms with Crippen LogP contribution in [0.15, 0.2) is 54.9 Å². The lowest BCUT2D eigenvalue weighted by atomic mass is 10.1. The Balaban J connectivity index is 1.43. The van der Waals surface area contributed by atoms with Crippen molar-refractivity contribution in [3.8, 4) is 23.8 Å². The molecule has 15 heteroatoms. The van der Waals surface area contributed by atoms with Crippen molar-refractivity contribution in [2.75, 3.05) is 15.5 Å². The summed E-state index contributed by atoms with van der Waals surface area (Å²) in [5, 5.41) is 42.8. The fourth-order valence-corrected chi connectivity index (χ4v) is 3.75. The number of carbonyl (C=O) groups is 4. The van der Waals surface area contributed by atoms with Crippen molar-refractivity contribution < 1.29 is 39.6 Å². The van der Waals surface area contributed by atoms with Crippen LogP contribution in [0.4, 0.5) is 17.1 Å². The number of hydrogen-bond donors (Lipinski definition) is 6. The average molecular weight is 529 g/mol. The molecule has 0 atom stereocenters. The summed E-state index contributed by atoms with van der Waals surface area (Å²) < 4.78 is 0. The Kier molecular flexibility index (Phi) is 5.92. The van der Waals surface area contributed by atoms with E-state index < -0.39 is 47.4 Å². The maximum absolute atomic E-state index is 13.3. The van der Waals surface area contributed by atoms with Gasteiger partial charge in [0.25, 0.3) is 23.6 Å². The predicted octanol–water partition coefficient (Wildman–Crippen LogP) is 1.39. The van der Waals surface area contributed by atoms with E-state index in [1.54, 1.807) is 0 Å². The zero-order chi connectivity index (χ0) is 27.8. The second-order valence-corrected chi connectivity index (χ2v) is 7.95. The van der Waals surface area contributed by atoms with Crippen LogP contribution in [0.1, 0.15) is 41.4 Å². The molecule has 15 nitrogen and oxygen atoms in total. The molecule has 0 bridgehead atoms. The fourth-order valence-electron chi connectivity index (χ4n) is 3.75. The Hall–Kier alpha value is -6.12. The highest BCUT2D eigenvalue weighted by Gasteiger charge is 2.39. The van der Waals surface area contributed by atoms with E-state index in [-0.39, 0.29) is 39.3 Å². The van der Waals surface area contributed by atoms with Gasteiger partial charge >= 0.3 is 12.0 Å². The van der Waals surface area contributed by atoms with Crippen LogP contribution in [0.5, 0.6) is 23.8 Å². The zero-order valence-corrected chi connectivity index (χ0v) is 19.4. The molecular weight excluding hydrogens is 514 g/mol. The maximum atomic E-state index is 13.3. The smallest absolute Gasteiger partial charge is 0.317 e. The molecule has 39 heavy (non-hydrogen) atoms. The van der Waals surface area contributed by atoms with Crippen molar-refractivity contribution >= 4 is 40.7 Å². The minimum atomic E-state index is -0.817. The van der Waals surface area contributed by atoms with Crippen molar-refractivity contribution in [2.45, 2.75) is 0 Å². The average Bonchev–Trinajstić information content (AvgIpc) is 3.16. The first kappa shape index (κ1) is 24.6. The Bertz CT molecular complexity index is 1710. The lowest BCUT2D eigenvalue weighted by Gasteiger charge is -2.18. The van der Waals surface area contributed by atoms with Gasteiger partial charge in [-0.1, -0.05) is 12.1 Å². The minimum Gasteiger partial charge on any atom is -0.492 e. The third-order valence-electron chi connectivity index (χ3n) is 5.55. The second kappa shape index (κ2) is 9.40. The molecule has 0 fully saturated rings. The van der Waals surface area contributed by atoms with E-state index >= 15 is 0 Å². The monoisotopic (exact) mass is 529 g/mol. The van der Waals surface area contributed by atoms with Gasteiger partial charge in [0, 0.05) is 5.56 Å². The van der Waals surface area contributed by atoms with Crippen molar-refractivity contribution in [1.29, 1.82) is 0 Å². The number of aromatic nitrogens is 4. The molecule has 6 N–H and O–H groups in total. The molecule has 2 aromatic heterocycles. The van der Waals surface area contributed by atoms with Gasteiger partial charge in [0.2, 0.25) is 11.8 Å². The third kappa shape index (κ3) is 4.46. The van der Waals surface area contributed by atoms with Crippen LogP contribution in [-0.2, 0) is 0 Å². The molecule has 1 aliphatic rings. The first-order chi connectivity index (χ1) is 18.6. The van der Waals surface area contributed by atoms with Crippen LogP contribution >= 0.6 is 0 Å². The second-order valence-electron chi connectivity index (χ2n) is 7.95. The van der Waals surface area contributed by atoms with Crippen LogP contribution in [0, 0.1) is 0 Å². The van der Waals surface area contributed by atoms with Crippen molar-refractivity contribution in [2.24, 2.45) is 0 Å². The fraction of sp³-hybridized carbons (Fsp3) is 0. The molecule has 5 rings (SSSR count). The summed E-state index contributed by atoms with van der Waals surface area (Å²) in [5.41, 5.74) is -0.787. The molecule has 2 aromatic carbocycles. The maximum Gasteiger partial charge on any atom is 0.317 e. The number of hydrogen-bond acceptors (Lipinski definition) is 12. The number of aromatic hydroxyl groups is 4. The highest BCUT2D eigenvalue weighted by molar-refractivity contribution is 6.36. The molecular formula is C24H15N7O8. The molecule has 0 aliphatic carbocycles. The van der Waals surface area contributed by atoms with Gasteiger partial charge in [-0.2, -0.15) is 9.97 Å². The lowest BCUT2D eigenvalue weighted by Crippen LogP contribution is -2.31. The largest absolute Gasteiger partial charge is 0.492 e. The standard InChI is InChI=1S/C24H15N7O8/c32-17(27-14-8-25-23(38)29-19(14)34)10-5-6-11-13(7-10)22(37)31(21(11)36)16-4-2-1-3-12(16)18(33)28-15-9-26-24(39)30-20(15)35/h1-9H,(H,27,32)(H,28,33)(H2,25,29,34,38)(H2,26,30,35,39). The number of benzene rings is 2. The number of amides is 4. The van der Waals surface area contributed by atoms with Gasteiger partial charge in [-0.15, -0.1) is 0 Å². The number of nitrogens with one attached hydrogen (secondary N) is 2. The molecule has 1 aliphatic heterocycles. The first-order valence-electron chi connectivity index (χ1n) is 10.9. The van der Waals surface area contributed by atoms with Gasteiger partial charge in [-0.25, -0.2) is 14.9 Å². The quantitative estimate of drug-likeness (QED) is 0.202. The molecule has 4 aromatic rings. The van der Waals surface area contributed by atoms with Gasteiger partial charge in [0.1, 0.15) is 11.4 Å². The zero-order valence-electron chi connectivity index (χ0n) is 19.4. The van der Waals surface area contributed by atoms with Crippen LogP contribution in [0.3, 0.4) is 0 Å². The number of anilines is 3. The van der Waals surface area contributed by atoms with Crippen LogP contribution in [-0.4, -0.2) is 64.0 Å². The number of rotatable bonds is 5. The molecule has 0 spiro atoms. The summed E-state index contributed by atoms with van der Waals surface area (Å²) in [7, 11) is 0. The van der Waals surface area contributed by atoms with Gasteiger partial charge in [-0.3, -0.25) is 19.2 Å². The molecule has 0 saturated carbocycles. The molecule has 0 saturated heterocycles. The SMILES string of the molecule is O=C(Nc1cnc(O)nc1O)c1ccc2c(c1)C(=O)N(c1ccccc1C(=O)Nc1cnc(O)nc1O)C2=O. The highest BCUT2D eigenvalue weighted by Crippen LogP contribution is 2.33. The van der Waals surface area contributed by atoms with Crippen molar-refractivity contribution in [3.63, 3.8) is 0 Å². The van der Waals surface area contributed by atoms with E-state index in [1.165, 1.54) is 42.5 Å². The van der Waals surface area contributed by atoms with E-state index in [9.17, 15) is 39.6 Å². The topological polar surface area (TPSA) is 228 Å². The van der Waals surface area contributed by atoms with E-state index in [1.807, 2.05) is 0 Å². The lowest BCUT2D eigenvalue weighted by molar-refractivity contribution is 0.0925. The number of nitrogens with zero attached hydrogens (tertiary/aromatic N) is 5. The summed E-state index contributed by atoms with van der Waals surface area (Å²) >= 11 is 0.